The summed E-state index contributed by atoms with van der Waals surface area (Å²) in [5.74, 6) is 0.411. The Morgan fingerprint density at radius 1 is 1.50 bits per heavy atom. The molecule has 1 aromatic heterocycles. The second-order valence-corrected chi connectivity index (χ2v) is 4.27. The summed E-state index contributed by atoms with van der Waals surface area (Å²) in [6, 6.07) is 5.06. The van der Waals surface area contributed by atoms with Gasteiger partial charge in [-0.1, -0.05) is 12.1 Å². The van der Waals surface area contributed by atoms with Crippen molar-refractivity contribution in [2.75, 3.05) is 0 Å². The predicted molar refractivity (Wildman–Crippen MR) is 68.7 cm³/mol. The van der Waals surface area contributed by atoms with Gasteiger partial charge in [-0.05, 0) is 12.5 Å². The third-order valence-electron chi connectivity index (χ3n) is 2.79. The monoisotopic (exact) mass is 265 g/mol. The van der Waals surface area contributed by atoms with Gasteiger partial charge >= 0.3 is 0 Å². The highest BCUT2D eigenvalue weighted by atomic mass is 35.5. The molecule has 0 atom stereocenters. The van der Waals surface area contributed by atoms with Crippen molar-refractivity contribution in [2.24, 2.45) is 0 Å². The smallest absolute Gasteiger partial charge is 0.268 e. The number of aromatic nitrogens is 2. The molecule has 0 unspecified atom stereocenters. The lowest BCUT2D eigenvalue weighted by Crippen LogP contribution is -2.03. The molecule has 0 saturated carbocycles. The lowest BCUT2D eigenvalue weighted by atomic mass is 10.1. The van der Waals surface area contributed by atoms with Gasteiger partial charge in [-0.25, -0.2) is 0 Å². The Morgan fingerprint density at radius 3 is 2.89 bits per heavy atom. The maximum absolute atomic E-state index is 10.8. The molecule has 0 amide bonds. The SMILES string of the molecule is Cc1c(Cn2cc(CCl)cn2)cccc1[N+](=O)[O-]. The van der Waals surface area contributed by atoms with Crippen molar-refractivity contribution in [1.29, 1.82) is 0 Å². The fourth-order valence-electron chi connectivity index (χ4n) is 1.78. The number of halogens is 1. The summed E-state index contributed by atoms with van der Waals surface area (Å²) in [4.78, 5) is 10.5. The Labute approximate surface area is 109 Å². The lowest BCUT2D eigenvalue weighted by Gasteiger charge is -2.06. The van der Waals surface area contributed by atoms with E-state index in [4.69, 9.17) is 11.6 Å². The molecule has 2 aromatic rings. The minimum atomic E-state index is -0.369. The van der Waals surface area contributed by atoms with Crippen LogP contribution in [0, 0.1) is 17.0 Å². The number of nitrogens with zero attached hydrogens (tertiary/aromatic N) is 3. The number of rotatable bonds is 4. The van der Waals surface area contributed by atoms with Crippen LogP contribution in [0.5, 0.6) is 0 Å². The number of nitro groups is 1. The van der Waals surface area contributed by atoms with E-state index in [0.717, 1.165) is 11.1 Å². The molecule has 0 N–H and O–H groups in total. The summed E-state index contributed by atoms with van der Waals surface area (Å²) in [7, 11) is 0. The van der Waals surface area contributed by atoms with E-state index in [1.165, 1.54) is 6.07 Å². The standard InChI is InChI=1S/C12H12ClN3O2/c1-9-11(3-2-4-12(9)16(17)18)8-15-7-10(5-13)6-14-15/h2-4,6-7H,5,8H2,1H3. The lowest BCUT2D eigenvalue weighted by molar-refractivity contribution is -0.385. The first-order valence-electron chi connectivity index (χ1n) is 5.42. The normalized spacial score (nSPS) is 10.6. The molecule has 18 heavy (non-hydrogen) atoms. The fraction of sp³-hybridized carbons (Fsp3) is 0.250. The average Bonchev–Trinajstić information content (AvgIpc) is 2.79. The molecule has 94 valence electrons. The number of hydrogen-bond acceptors (Lipinski definition) is 3. The number of nitro benzene ring substituents is 1. The average molecular weight is 266 g/mol. The van der Waals surface area contributed by atoms with Crippen molar-refractivity contribution in [3.05, 3.63) is 57.4 Å². The van der Waals surface area contributed by atoms with E-state index in [1.807, 2.05) is 12.3 Å². The molecule has 0 spiro atoms. The summed E-state index contributed by atoms with van der Waals surface area (Å²) in [6.45, 7) is 2.25. The van der Waals surface area contributed by atoms with Crippen LogP contribution < -0.4 is 0 Å². The summed E-state index contributed by atoms with van der Waals surface area (Å²) in [6.07, 6.45) is 3.53. The summed E-state index contributed by atoms with van der Waals surface area (Å²) in [5, 5.41) is 15.0. The Morgan fingerprint density at radius 2 is 2.28 bits per heavy atom. The molecular weight excluding hydrogens is 254 g/mol. The maximum atomic E-state index is 10.8. The van der Waals surface area contributed by atoms with Crippen molar-refractivity contribution in [1.82, 2.24) is 9.78 Å². The van der Waals surface area contributed by atoms with Gasteiger partial charge in [-0.3, -0.25) is 14.8 Å². The molecule has 0 aliphatic rings. The first-order valence-corrected chi connectivity index (χ1v) is 5.95. The second kappa shape index (κ2) is 5.18. The first-order chi connectivity index (χ1) is 8.61. The number of alkyl halides is 1. The van der Waals surface area contributed by atoms with Gasteiger partial charge in [0.05, 0.1) is 23.5 Å². The predicted octanol–water partition coefficient (Wildman–Crippen LogP) is 2.89. The molecule has 5 nitrogen and oxygen atoms in total. The van der Waals surface area contributed by atoms with Crippen LogP contribution in [0.2, 0.25) is 0 Å². The first kappa shape index (κ1) is 12.6. The van der Waals surface area contributed by atoms with Crippen LogP contribution in [0.1, 0.15) is 16.7 Å². The van der Waals surface area contributed by atoms with Crippen molar-refractivity contribution >= 4 is 17.3 Å². The van der Waals surface area contributed by atoms with Crippen LogP contribution in [-0.4, -0.2) is 14.7 Å². The van der Waals surface area contributed by atoms with E-state index in [9.17, 15) is 10.1 Å². The van der Waals surface area contributed by atoms with Crippen LogP contribution in [0.3, 0.4) is 0 Å². The Hall–Kier alpha value is -1.88. The van der Waals surface area contributed by atoms with Gasteiger partial charge in [0.25, 0.3) is 5.69 Å². The van der Waals surface area contributed by atoms with Crippen molar-refractivity contribution in [2.45, 2.75) is 19.3 Å². The van der Waals surface area contributed by atoms with E-state index in [1.54, 1.807) is 23.9 Å². The van der Waals surface area contributed by atoms with Crippen LogP contribution in [-0.2, 0) is 12.4 Å². The molecular formula is C12H12ClN3O2. The zero-order chi connectivity index (χ0) is 13.1. The third-order valence-corrected chi connectivity index (χ3v) is 3.10. The largest absolute Gasteiger partial charge is 0.272 e. The minimum Gasteiger partial charge on any atom is -0.268 e. The fourth-order valence-corrected chi connectivity index (χ4v) is 1.91. The zero-order valence-corrected chi connectivity index (χ0v) is 10.6. The van der Waals surface area contributed by atoms with Gasteiger partial charge in [-0.15, -0.1) is 11.6 Å². The molecule has 0 aliphatic carbocycles. The highest BCUT2D eigenvalue weighted by Crippen LogP contribution is 2.21. The highest BCUT2D eigenvalue weighted by molar-refractivity contribution is 6.17. The molecule has 0 saturated heterocycles. The second-order valence-electron chi connectivity index (χ2n) is 4.00. The van der Waals surface area contributed by atoms with Crippen LogP contribution in [0.25, 0.3) is 0 Å². The van der Waals surface area contributed by atoms with Gasteiger partial charge in [0.2, 0.25) is 0 Å². The maximum Gasteiger partial charge on any atom is 0.272 e. The van der Waals surface area contributed by atoms with E-state index >= 15 is 0 Å². The van der Waals surface area contributed by atoms with Gasteiger partial charge in [-0.2, -0.15) is 5.10 Å². The van der Waals surface area contributed by atoms with Crippen molar-refractivity contribution in [3.8, 4) is 0 Å². The van der Waals surface area contributed by atoms with Gasteiger partial charge in [0.1, 0.15) is 0 Å². The van der Waals surface area contributed by atoms with Crippen molar-refractivity contribution < 1.29 is 4.92 Å². The van der Waals surface area contributed by atoms with Gasteiger partial charge in [0, 0.05) is 23.4 Å². The summed E-state index contributed by atoms with van der Waals surface area (Å²) < 4.78 is 1.73. The van der Waals surface area contributed by atoms with Crippen molar-refractivity contribution in [3.63, 3.8) is 0 Å². The number of hydrogen-bond donors (Lipinski definition) is 0. The Bertz CT molecular complexity index is 580. The molecule has 2 rings (SSSR count). The summed E-state index contributed by atoms with van der Waals surface area (Å²) >= 11 is 5.70. The molecule has 1 aromatic carbocycles. The van der Waals surface area contributed by atoms with E-state index in [2.05, 4.69) is 5.10 Å². The molecule has 1 heterocycles. The zero-order valence-electron chi connectivity index (χ0n) is 9.84. The van der Waals surface area contributed by atoms with Crippen LogP contribution >= 0.6 is 11.6 Å². The van der Waals surface area contributed by atoms with Crippen LogP contribution in [0.15, 0.2) is 30.6 Å². The summed E-state index contributed by atoms with van der Waals surface area (Å²) in [5.41, 5.74) is 2.62. The van der Waals surface area contributed by atoms with Crippen LogP contribution in [0.4, 0.5) is 5.69 Å². The quantitative estimate of drug-likeness (QED) is 0.485. The molecule has 0 radical (unpaired) electrons. The van der Waals surface area contributed by atoms with E-state index in [-0.39, 0.29) is 10.6 Å². The van der Waals surface area contributed by atoms with Gasteiger partial charge in [0.15, 0.2) is 0 Å². The van der Waals surface area contributed by atoms with E-state index in [0.29, 0.717) is 18.0 Å². The number of benzene rings is 1. The Balaban J connectivity index is 2.29. The topological polar surface area (TPSA) is 61.0 Å². The van der Waals surface area contributed by atoms with Gasteiger partial charge < -0.3 is 0 Å². The molecule has 0 fully saturated rings. The third kappa shape index (κ3) is 2.51. The highest BCUT2D eigenvalue weighted by Gasteiger charge is 2.13. The van der Waals surface area contributed by atoms with E-state index < -0.39 is 0 Å². The molecule has 6 heteroatoms. The molecule has 0 aliphatic heterocycles. The Kier molecular flexibility index (Phi) is 3.62. The molecule has 0 bridgehead atoms. The minimum absolute atomic E-state index is 0.136.